The second-order valence-corrected chi connectivity index (χ2v) is 16.7. The topological polar surface area (TPSA) is 156 Å². The van der Waals surface area contributed by atoms with E-state index in [9.17, 15) is 36.6 Å². The summed E-state index contributed by atoms with van der Waals surface area (Å²) in [5.74, 6) is -7.24. The number of benzene rings is 4. The van der Waals surface area contributed by atoms with Crippen LogP contribution in [0.3, 0.4) is 0 Å². The summed E-state index contributed by atoms with van der Waals surface area (Å²) in [4.78, 5) is 17.5. The Balaban J connectivity index is 0.000000174. The van der Waals surface area contributed by atoms with Gasteiger partial charge in [-0.2, -0.15) is 10.2 Å². The van der Waals surface area contributed by atoms with Crippen LogP contribution in [0.25, 0.3) is 35.7 Å². The van der Waals surface area contributed by atoms with Crippen LogP contribution >= 0.6 is 0 Å². The summed E-state index contributed by atoms with van der Waals surface area (Å²) in [6.45, 7) is 4.61. The third kappa shape index (κ3) is 9.59. The maximum Gasteiger partial charge on any atom is 0.194 e. The van der Waals surface area contributed by atoms with Crippen molar-refractivity contribution in [1.29, 1.82) is 0 Å². The first kappa shape index (κ1) is 47.2. The smallest absolute Gasteiger partial charge is 0.194 e. The number of aliphatic hydroxyl groups is 2. The van der Waals surface area contributed by atoms with Crippen LogP contribution < -0.4 is 9.47 Å². The number of aromatic nitrogens is 10. The van der Waals surface area contributed by atoms with Crippen molar-refractivity contribution >= 4 is 24.3 Å². The molecule has 4 atom stereocenters. The molecule has 14 nitrogen and oxygen atoms in total. The van der Waals surface area contributed by atoms with Crippen molar-refractivity contribution in [1.82, 2.24) is 48.6 Å². The van der Waals surface area contributed by atoms with Crippen molar-refractivity contribution in [2.45, 2.75) is 63.8 Å². The molecule has 0 unspecified atom stereocenters. The summed E-state index contributed by atoms with van der Waals surface area (Å²) in [5, 5.41) is 30.0. The molecule has 0 aliphatic carbocycles. The molecule has 0 radical (unpaired) electrons. The van der Waals surface area contributed by atoms with Crippen molar-refractivity contribution in [3.8, 4) is 22.9 Å². The highest BCUT2D eigenvalue weighted by Crippen LogP contribution is 2.36. The Labute approximate surface area is 396 Å². The summed E-state index contributed by atoms with van der Waals surface area (Å²) < 4.78 is 100. The Bertz CT molecular complexity index is 3030. The highest BCUT2D eigenvalue weighted by Gasteiger charge is 2.35. The van der Waals surface area contributed by atoms with Gasteiger partial charge < -0.3 is 28.8 Å². The monoisotopic (exact) mass is 962 g/mol. The number of imidazole rings is 2. The lowest BCUT2D eigenvalue weighted by molar-refractivity contribution is 0.118. The molecule has 0 saturated carbocycles. The predicted molar refractivity (Wildman–Crippen MR) is 245 cm³/mol. The van der Waals surface area contributed by atoms with E-state index in [0.29, 0.717) is 60.7 Å². The molecular formula is C50H44F6N10O4. The number of halogens is 6. The summed E-state index contributed by atoms with van der Waals surface area (Å²) in [5.41, 5.74) is 5.36. The van der Waals surface area contributed by atoms with Gasteiger partial charge >= 0.3 is 0 Å². The average Bonchev–Trinajstić information content (AvgIpc) is 4.18. The van der Waals surface area contributed by atoms with E-state index in [0.717, 1.165) is 58.2 Å². The lowest BCUT2D eigenvalue weighted by Gasteiger charge is -2.27. The largest absolute Gasteiger partial charge is 0.495 e. The third-order valence-corrected chi connectivity index (χ3v) is 12.0. The molecule has 4 aromatic heterocycles. The van der Waals surface area contributed by atoms with Gasteiger partial charge in [0.25, 0.3) is 0 Å². The second kappa shape index (κ2) is 19.6. The minimum absolute atomic E-state index is 0.104. The molecule has 2 N–H and O–H groups in total. The quantitative estimate of drug-likeness (QED) is 0.101. The number of hydrogen-bond acceptors (Lipinski definition) is 10. The van der Waals surface area contributed by atoms with Crippen LogP contribution in [0.4, 0.5) is 26.3 Å². The Morgan fingerprint density at radius 2 is 0.943 bits per heavy atom. The fourth-order valence-corrected chi connectivity index (χ4v) is 8.58. The van der Waals surface area contributed by atoms with Gasteiger partial charge in [0.2, 0.25) is 0 Å². The summed E-state index contributed by atoms with van der Waals surface area (Å²) >= 11 is 0. The van der Waals surface area contributed by atoms with Gasteiger partial charge in [0.15, 0.2) is 46.6 Å². The lowest BCUT2D eigenvalue weighted by Crippen LogP contribution is -2.30. The average molecular weight is 963 g/mol. The minimum Gasteiger partial charge on any atom is -0.495 e. The first-order valence-corrected chi connectivity index (χ1v) is 22.0. The molecule has 0 bridgehead atoms. The van der Waals surface area contributed by atoms with E-state index in [1.807, 2.05) is 83.9 Å². The zero-order valence-corrected chi connectivity index (χ0v) is 38.0. The number of fused-ring (bicyclic) bond motifs is 2. The van der Waals surface area contributed by atoms with E-state index in [-0.39, 0.29) is 11.1 Å². The first-order chi connectivity index (χ1) is 33.7. The number of rotatable bonds is 10. The molecule has 20 heteroatoms. The van der Waals surface area contributed by atoms with E-state index in [1.165, 1.54) is 0 Å². The molecule has 2 aliphatic heterocycles. The Morgan fingerprint density at radius 1 is 0.557 bits per heavy atom. The van der Waals surface area contributed by atoms with Gasteiger partial charge in [-0.15, -0.1) is 0 Å². The van der Waals surface area contributed by atoms with Gasteiger partial charge in [-0.1, -0.05) is 24.3 Å². The van der Waals surface area contributed by atoms with Crippen molar-refractivity contribution in [2.75, 3.05) is 14.2 Å². The zero-order chi connectivity index (χ0) is 49.4. The second-order valence-electron chi connectivity index (χ2n) is 16.7. The fourth-order valence-electron chi connectivity index (χ4n) is 8.58. The molecule has 4 aromatic carbocycles. The van der Waals surface area contributed by atoms with Crippen LogP contribution in [-0.4, -0.2) is 85.3 Å². The molecule has 0 fully saturated rings. The van der Waals surface area contributed by atoms with Crippen LogP contribution in [0.1, 0.15) is 81.6 Å². The van der Waals surface area contributed by atoms with Crippen LogP contribution in [0.2, 0.25) is 0 Å². The first-order valence-electron chi connectivity index (χ1n) is 22.0. The van der Waals surface area contributed by atoms with E-state index < -0.39 is 58.9 Å². The number of aliphatic hydroxyl groups excluding tert-OH is 2. The molecule has 0 amide bonds. The van der Waals surface area contributed by atoms with Crippen molar-refractivity contribution < 1.29 is 46.0 Å². The highest BCUT2D eigenvalue weighted by molar-refractivity contribution is 5.70. The van der Waals surface area contributed by atoms with Crippen LogP contribution in [-0.2, 0) is 13.1 Å². The van der Waals surface area contributed by atoms with Gasteiger partial charge in [0.1, 0.15) is 23.1 Å². The Kier molecular flexibility index (Phi) is 13.3. The van der Waals surface area contributed by atoms with Crippen molar-refractivity contribution in [3.05, 3.63) is 178 Å². The van der Waals surface area contributed by atoms with Crippen LogP contribution in [0.15, 0.2) is 85.7 Å². The number of nitrogens with zero attached hydrogens (tertiary/aromatic N) is 10. The number of aryl methyl sites for hydroxylation is 4. The van der Waals surface area contributed by atoms with Crippen molar-refractivity contribution in [3.63, 3.8) is 0 Å². The summed E-state index contributed by atoms with van der Waals surface area (Å²) in [6.07, 6.45) is 13.0. The molecule has 10 rings (SSSR count). The minimum atomic E-state index is -1.55. The van der Waals surface area contributed by atoms with Gasteiger partial charge in [-0.05, 0) is 110 Å². The van der Waals surface area contributed by atoms with E-state index in [2.05, 4.69) is 30.1 Å². The fraction of sp³-hybridized carbons (Fsp3) is 0.240. The van der Waals surface area contributed by atoms with Gasteiger partial charge in [0.05, 0.1) is 73.7 Å². The van der Waals surface area contributed by atoms with E-state index in [1.54, 1.807) is 48.4 Å². The van der Waals surface area contributed by atoms with E-state index >= 15 is 0 Å². The van der Waals surface area contributed by atoms with Crippen LogP contribution in [0, 0.1) is 48.8 Å². The molecule has 8 aromatic rings. The van der Waals surface area contributed by atoms with Gasteiger partial charge in [-0.3, -0.25) is 0 Å². The summed E-state index contributed by atoms with van der Waals surface area (Å²) in [7, 11) is 3.18. The number of ether oxygens (including phenoxy) is 2. The zero-order valence-electron chi connectivity index (χ0n) is 38.0. The Hall–Kier alpha value is -7.84. The Morgan fingerprint density at radius 3 is 1.29 bits per heavy atom. The molecule has 0 saturated heterocycles. The molecule has 70 heavy (non-hydrogen) atoms. The maximum absolute atomic E-state index is 13.8. The highest BCUT2D eigenvalue weighted by atomic mass is 19.2. The third-order valence-electron chi connectivity index (χ3n) is 12.0. The normalized spacial score (nSPS) is 17.7. The molecular weight excluding hydrogens is 919 g/mol. The number of hydrogen-bond donors (Lipinski definition) is 2. The summed E-state index contributed by atoms with van der Waals surface area (Å²) in [6, 6.07) is 15.0. The molecule has 360 valence electrons. The number of methoxy groups -OCH3 is 2. The lowest BCUT2D eigenvalue weighted by atomic mass is 9.88. The van der Waals surface area contributed by atoms with Gasteiger partial charge in [-0.25, -0.2) is 55.6 Å². The molecule has 0 spiro atoms. The van der Waals surface area contributed by atoms with Gasteiger partial charge in [0, 0.05) is 25.5 Å². The van der Waals surface area contributed by atoms with Crippen molar-refractivity contribution in [2.24, 2.45) is 0 Å². The maximum atomic E-state index is 13.8. The standard InChI is InChI=1S/2C25H22F3N5O2/c2*1-14-12-32(13-29-14)19-5-3-15(9-21(19)35-2)4-6-22-30-25-23(20(34)7-8-33(25)31-22)16-10-17(26)24(28)18(27)11-16/h2*3-6,9-13,20,23,34H,7-8H2,1-2H3/b2*6-4+/t2*20-,23-/m10/s1. The van der Waals surface area contributed by atoms with Crippen LogP contribution in [0.5, 0.6) is 11.5 Å². The molecule has 2 aliphatic rings. The molecule has 6 heterocycles. The predicted octanol–water partition coefficient (Wildman–Crippen LogP) is 8.53. The van der Waals surface area contributed by atoms with E-state index in [4.69, 9.17) is 9.47 Å². The SMILES string of the molecule is COc1cc(/C=C/c2nc3n(n2)CC[C@@H](O)[C@H]3c2cc(F)c(F)c(F)c2)ccc1-n1cnc(C)c1.COc1cc(/C=C/c2nc3n(n2)CC[C@H](O)[C@@H]3c2cc(F)c(F)c(F)c2)ccc1-n1cnc(C)c1.